The number of nitriles is 1. The molecule has 0 spiro atoms. The second-order valence-electron chi connectivity index (χ2n) is 5.18. The van der Waals surface area contributed by atoms with Gasteiger partial charge in [-0.2, -0.15) is 5.26 Å². The first kappa shape index (κ1) is 15.6. The predicted octanol–water partition coefficient (Wildman–Crippen LogP) is 2.49. The van der Waals surface area contributed by atoms with Gasteiger partial charge in [0.2, 0.25) is 0 Å². The SMILES string of the molecule is Cc1ccc(C(C)(O)CNC(=O)Nc2ccc(C#N)cc2)o1. The summed E-state index contributed by atoms with van der Waals surface area (Å²) >= 11 is 0. The molecule has 2 rings (SSSR count). The van der Waals surface area contributed by atoms with E-state index in [1.807, 2.05) is 6.07 Å². The van der Waals surface area contributed by atoms with Gasteiger partial charge in [0.25, 0.3) is 0 Å². The van der Waals surface area contributed by atoms with E-state index in [0.29, 0.717) is 22.8 Å². The zero-order chi connectivity index (χ0) is 16.2. The molecule has 1 aromatic heterocycles. The van der Waals surface area contributed by atoms with Crippen molar-refractivity contribution in [1.82, 2.24) is 5.32 Å². The van der Waals surface area contributed by atoms with Gasteiger partial charge in [-0.3, -0.25) is 0 Å². The molecule has 1 unspecified atom stereocenters. The fraction of sp³-hybridized carbons (Fsp3) is 0.250. The van der Waals surface area contributed by atoms with Crippen molar-refractivity contribution in [2.75, 3.05) is 11.9 Å². The van der Waals surface area contributed by atoms with Crippen molar-refractivity contribution in [3.8, 4) is 6.07 Å². The number of aliphatic hydroxyl groups is 1. The second-order valence-corrected chi connectivity index (χ2v) is 5.18. The molecule has 0 bridgehead atoms. The van der Waals surface area contributed by atoms with Crippen LogP contribution in [0.4, 0.5) is 10.5 Å². The Morgan fingerprint density at radius 1 is 1.32 bits per heavy atom. The molecule has 0 fully saturated rings. The molecule has 0 aliphatic carbocycles. The average Bonchev–Trinajstić information content (AvgIpc) is 2.94. The zero-order valence-corrected chi connectivity index (χ0v) is 12.4. The van der Waals surface area contributed by atoms with Crippen LogP contribution in [0.2, 0.25) is 0 Å². The second kappa shape index (κ2) is 6.33. The Balaban J connectivity index is 1.90. The number of furan rings is 1. The topological polar surface area (TPSA) is 98.3 Å². The van der Waals surface area contributed by atoms with Crippen LogP contribution in [0.15, 0.2) is 40.8 Å². The summed E-state index contributed by atoms with van der Waals surface area (Å²) in [6, 6.07) is 11.5. The summed E-state index contributed by atoms with van der Waals surface area (Å²) in [6.07, 6.45) is 0. The Kier molecular flexibility index (Phi) is 4.49. The molecule has 1 atom stereocenters. The number of hydrogen-bond donors (Lipinski definition) is 3. The first-order valence-electron chi connectivity index (χ1n) is 6.75. The van der Waals surface area contributed by atoms with E-state index in [1.54, 1.807) is 50.2 Å². The van der Waals surface area contributed by atoms with Crippen molar-refractivity contribution in [3.63, 3.8) is 0 Å². The number of rotatable bonds is 4. The summed E-state index contributed by atoms with van der Waals surface area (Å²) in [4.78, 5) is 11.8. The number of hydrogen-bond acceptors (Lipinski definition) is 4. The van der Waals surface area contributed by atoms with Crippen LogP contribution in [0.5, 0.6) is 0 Å². The lowest BCUT2D eigenvalue weighted by atomic mass is 10.0. The molecule has 3 N–H and O–H groups in total. The lowest BCUT2D eigenvalue weighted by Crippen LogP contribution is -2.40. The van der Waals surface area contributed by atoms with Crippen molar-refractivity contribution in [2.24, 2.45) is 0 Å². The number of benzene rings is 1. The van der Waals surface area contributed by atoms with Crippen LogP contribution in [0.25, 0.3) is 0 Å². The molecular weight excluding hydrogens is 282 g/mol. The van der Waals surface area contributed by atoms with E-state index < -0.39 is 11.6 Å². The highest BCUT2D eigenvalue weighted by Crippen LogP contribution is 2.21. The molecule has 0 saturated heterocycles. The van der Waals surface area contributed by atoms with Crippen LogP contribution in [0, 0.1) is 18.3 Å². The highest BCUT2D eigenvalue weighted by atomic mass is 16.4. The van der Waals surface area contributed by atoms with Gasteiger partial charge in [0.1, 0.15) is 17.1 Å². The van der Waals surface area contributed by atoms with E-state index in [-0.39, 0.29) is 6.54 Å². The van der Waals surface area contributed by atoms with Gasteiger partial charge in [-0.15, -0.1) is 0 Å². The Hall–Kier alpha value is -2.78. The third-order valence-corrected chi connectivity index (χ3v) is 3.14. The number of amides is 2. The fourth-order valence-corrected chi connectivity index (χ4v) is 1.87. The molecular formula is C16H17N3O3. The first-order chi connectivity index (χ1) is 10.4. The van der Waals surface area contributed by atoms with E-state index in [0.717, 1.165) is 0 Å². The molecule has 0 aliphatic rings. The number of carbonyl (C=O) groups excluding carboxylic acids is 1. The lowest BCUT2D eigenvalue weighted by Gasteiger charge is -2.21. The van der Waals surface area contributed by atoms with Crippen LogP contribution in [0.1, 0.15) is 24.0 Å². The minimum atomic E-state index is -1.30. The minimum Gasteiger partial charge on any atom is -0.463 e. The van der Waals surface area contributed by atoms with Crippen LogP contribution >= 0.6 is 0 Å². The number of anilines is 1. The fourth-order valence-electron chi connectivity index (χ4n) is 1.87. The number of aryl methyl sites for hydroxylation is 1. The molecule has 2 amide bonds. The highest BCUT2D eigenvalue weighted by molar-refractivity contribution is 5.89. The number of urea groups is 1. The van der Waals surface area contributed by atoms with Crippen LogP contribution in [-0.4, -0.2) is 17.7 Å². The summed E-state index contributed by atoms with van der Waals surface area (Å²) < 4.78 is 5.37. The minimum absolute atomic E-state index is 0.00205. The van der Waals surface area contributed by atoms with Gasteiger partial charge >= 0.3 is 6.03 Å². The smallest absolute Gasteiger partial charge is 0.319 e. The summed E-state index contributed by atoms with van der Waals surface area (Å²) in [5.74, 6) is 1.08. The third-order valence-electron chi connectivity index (χ3n) is 3.14. The predicted molar refractivity (Wildman–Crippen MR) is 81.2 cm³/mol. The molecule has 2 aromatic rings. The molecule has 114 valence electrons. The van der Waals surface area contributed by atoms with Gasteiger partial charge < -0.3 is 20.2 Å². The van der Waals surface area contributed by atoms with Gasteiger partial charge in [-0.25, -0.2) is 4.79 Å². The molecule has 1 heterocycles. The van der Waals surface area contributed by atoms with Crippen molar-refractivity contribution < 1.29 is 14.3 Å². The molecule has 1 aromatic carbocycles. The average molecular weight is 299 g/mol. The first-order valence-corrected chi connectivity index (χ1v) is 6.75. The standard InChI is InChI=1S/C16H17N3O3/c1-11-3-8-14(22-11)16(2,21)10-18-15(20)19-13-6-4-12(9-17)5-7-13/h3-8,21H,10H2,1-2H3,(H2,18,19,20). The van der Waals surface area contributed by atoms with Crippen molar-refractivity contribution in [1.29, 1.82) is 5.26 Å². The molecule has 0 saturated carbocycles. The van der Waals surface area contributed by atoms with Crippen LogP contribution < -0.4 is 10.6 Å². The molecule has 6 heteroatoms. The van der Waals surface area contributed by atoms with Gasteiger partial charge in [-0.1, -0.05) is 0 Å². The number of nitrogens with zero attached hydrogens (tertiary/aromatic N) is 1. The zero-order valence-electron chi connectivity index (χ0n) is 12.4. The maximum atomic E-state index is 11.8. The molecule has 0 aliphatic heterocycles. The molecule has 6 nitrogen and oxygen atoms in total. The number of carbonyl (C=O) groups is 1. The summed E-state index contributed by atoms with van der Waals surface area (Å²) in [6.45, 7) is 3.35. The largest absolute Gasteiger partial charge is 0.463 e. The van der Waals surface area contributed by atoms with E-state index in [4.69, 9.17) is 9.68 Å². The monoisotopic (exact) mass is 299 g/mol. The Morgan fingerprint density at radius 3 is 2.55 bits per heavy atom. The summed E-state index contributed by atoms with van der Waals surface area (Å²) in [5.41, 5.74) is -0.219. The van der Waals surface area contributed by atoms with Crippen molar-refractivity contribution in [2.45, 2.75) is 19.4 Å². The Bertz CT molecular complexity index is 696. The van der Waals surface area contributed by atoms with E-state index in [9.17, 15) is 9.90 Å². The number of nitrogens with one attached hydrogen (secondary N) is 2. The maximum absolute atomic E-state index is 11.8. The summed E-state index contributed by atoms with van der Waals surface area (Å²) in [5, 5.41) is 24.2. The normalized spacial score (nSPS) is 13.0. The third kappa shape index (κ3) is 3.87. The van der Waals surface area contributed by atoms with Gasteiger partial charge in [0.15, 0.2) is 0 Å². The molecule has 22 heavy (non-hydrogen) atoms. The van der Waals surface area contributed by atoms with E-state index in [1.165, 1.54) is 0 Å². The van der Waals surface area contributed by atoms with E-state index >= 15 is 0 Å². The van der Waals surface area contributed by atoms with Gasteiger partial charge in [0, 0.05) is 5.69 Å². The maximum Gasteiger partial charge on any atom is 0.319 e. The van der Waals surface area contributed by atoms with Crippen molar-refractivity contribution >= 4 is 11.7 Å². The Morgan fingerprint density at radius 2 is 2.00 bits per heavy atom. The van der Waals surface area contributed by atoms with Gasteiger partial charge in [-0.05, 0) is 50.2 Å². The highest BCUT2D eigenvalue weighted by Gasteiger charge is 2.27. The lowest BCUT2D eigenvalue weighted by molar-refractivity contribution is 0.0364. The van der Waals surface area contributed by atoms with E-state index in [2.05, 4.69) is 10.6 Å². The molecule has 0 radical (unpaired) electrons. The van der Waals surface area contributed by atoms with Crippen LogP contribution in [-0.2, 0) is 5.60 Å². The quantitative estimate of drug-likeness (QED) is 0.807. The Labute approximate surface area is 128 Å². The van der Waals surface area contributed by atoms with Gasteiger partial charge in [0.05, 0.1) is 18.2 Å². The summed E-state index contributed by atoms with van der Waals surface area (Å²) in [7, 11) is 0. The van der Waals surface area contributed by atoms with Crippen molar-refractivity contribution in [3.05, 3.63) is 53.5 Å². The van der Waals surface area contributed by atoms with Crippen LogP contribution in [0.3, 0.4) is 0 Å².